The number of H-pyrrole nitrogens is 1. The third-order valence-corrected chi connectivity index (χ3v) is 5.20. The minimum atomic E-state index is -0.0984. The minimum Gasteiger partial charge on any atom is -0.357 e. The Balaban J connectivity index is 1.51. The number of hydrogen-bond acceptors (Lipinski definition) is 3. The van der Waals surface area contributed by atoms with Crippen LogP contribution in [0.2, 0.25) is 0 Å². The summed E-state index contributed by atoms with van der Waals surface area (Å²) in [5.74, 6) is 1.02. The molecule has 0 aliphatic carbocycles. The van der Waals surface area contributed by atoms with E-state index in [-0.39, 0.29) is 17.5 Å². The number of amides is 1. The fraction of sp³-hybridized carbons (Fsp3) is 0.350. The second-order valence-electron chi connectivity index (χ2n) is 6.99. The number of rotatable bonds is 4. The van der Waals surface area contributed by atoms with E-state index in [1.54, 1.807) is 23.9 Å². The van der Waals surface area contributed by atoms with E-state index in [1.165, 1.54) is 4.68 Å². The van der Waals surface area contributed by atoms with Crippen molar-refractivity contribution in [1.82, 2.24) is 24.2 Å². The number of nitrogens with one attached hydrogen (secondary N) is 1. The quantitative estimate of drug-likeness (QED) is 0.768. The first-order chi connectivity index (χ1) is 13.1. The Kier molecular flexibility index (Phi) is 4.66. The lowest BCUT2D eigenvalue weighted by Gasteiger charge is -2.31. The SMILES string of the molecule is Cn1nc(C2CCN(C(=O)c3ccc[nH]3)CC2)n(Cc2ccccc2)c1=O. The second kappa shape index (κ2) is 7.26. The zero-order chi connectivity index (χ0) is 18.8. The third kappa shape index (κ3) is 3.45. The van der Waals surface area contributed by atoms with Gasteiger partial charge in [0.2, 0.25) is 0 Å². The van der Waals surface area contributed by atoms with Crippen LogP contribution in [0.15, 0.2) is 53.5 Å². The van der Waals surface area contributed by atoms with Crippen molar-refractivity contribution in [3.05, 3.63) is 76.2 Å². The third-order valence-electron chi connectivity index (χ3n) is 5.20. The molecule has 3 aromatic rings. The zero-order valence-electron chi connectivity index (χ0n) is 15.3. The molecular weight excluding hydrogens is 342 g/mol. The maximum Gasteiger partial charge on any atom is 0.345 e. The van der Waals surface area contributed by atoms with Crippen LogP contribution in [0.3, 0.4) is 0 Å². The van der Waals surface area contributed by atoms with Gasteiger partial charge in [0, 0.05) is 32.3 Å². The standard InChI is InChI=1S/C20H23N5O2/c1-23-20(27)25(14-15-6-3-2-4-7-15)18(22-23)16-9-12-24(13-10-16)19(26)17-8-5-11-21-17/h2-8,11,16,21H,9-10,12-14H2,1H3. The summed E-state index contributed by atoms with van der Waals surface area (Å²) in [5.41, 5.74) is 1.60. The molecule has 0 radical (unpaired) electrons. The lowest BCUT2D eigenvalue weighted by molar-refractivity contribution is 0.0705. The van der Waals surface area contributed by atoms with Gasteiger partial charge in [-0.05, 0) is 30.5 Å². The van der Waals surface area contributed by atoms with E-state index < -0.39 is 0 Å². The molecule has 2 aromatic heterocycles. The van der Waals surface area contributed by atoms with Crippen molar-refractivity contribution in [1.29, 1.82) is 0 Å². The van der Waals surface area contributed by atoms with E-state index in [9.17, 15) is 9.59 Å². The van der Waals surface area contributed by atoms with Gasteiger partial charge in [0.25, 0.3) is 5.91 Å². The minimum absolute atomic E-state index is 0.0288. The summed E-state index contributed by atoms with van der Waals surface area (Å²) >= 11 is 0. The van der Waals surface area contributed by atoms with Gasteiger partial charge in [-0.3, -0.25) is 9.36 Å². The van der Waals surface area contributed by atoms with Gasteiger partial charge in [-0.1, -0.05) is 30.3 Å². The predicted molar refractivity (Wildman–Crippen MR) is 102 cm³/mol. The lowest BCUT2D eigenvalue weighted by atomic mass is 9.95. The maximum absolute atomic E-state index is 12.6. The molecule has 4 rings (SSSR count). The predicted octanol–water partition coefficient (Wildman–Crippen LogP) is 1.98. The smallest absolute Gasteiger partial charge is 0.345 e. The summed E-state index contributed by atoms with van der Waals surface area (Å²) in [7, 11) is 1.69. The van der Waals surface area contributed by atoms with Crippen molar-refractivity contribution >= 4 is 5.91 Å². The Morgan fingerprint density at radius 3 is 2.56 bits per heavy atom. The van der Waals surface area contributed by atoms with Gasteiger partial charge in [-0.2, -0.15) is 5.10 Å². The maximum atomic E-state index is 12.6. The summed E-state index contributed by atoms with van der Waals surface area (Å²) in [5, 5.41) is 4.51. The van der Waals surface area contributed by atoms with Gasteiger partial charge in [0.15, 0.2) is 0 Å². The number of carbonyl (C=O) groups excluding carboxylic acids is 1. The zero-order valence-corrected chi connectivity index (χ0v) is 15.3. The summed E-state index contributed by atoms with van der Waals surface area (Å²) < 4.78 is 3.18. The van der Waals surface area contributed by atoms with Crippen LogP contribution < -0.4 is 5.69 Å². The van der Waals surface area contributed by atoms with Crippen LogP contribution in [-0.2, 0) is 13.6 Å². The number of aryl methyl sites for hydroxylation is 1. The monoisotopic (exact) mass is 365 g/mol. The first-order valence-corrected chi connectivity index (χ1v) is 9.24. The molecule has 0 saturated carbocycles. The first-order valence-electron chi connectivity index (χ1n) is 9.24. The number of piperidine rings is 1. The van der Waals surface area contributed by atoms with Gasteiger partial charge in [-0.15, -0.1) is 0 Å². The molecule has 0 atom stereocenters. The van der Waals surface area contributed by atoms with Crippen molar-refractivity contribution in [2.75, 3.05) is 13.1 Å². The van der Waals surface area contributed by atoms with Gasteiger partial charge < -0.3 is 9.88 Å². The molecule has 1 fully saturated rings. The molecule has 0 spiro atoms. The molecule has 1 aromatic carbocycles. The topological polar surface area (TPSA) is 75.9 Å². The fourth-order valence-electron chi connectivity index (χ4n) is 3.71. The van der Waals surface area contributed by atoms with Crippen molar-refractivity contribution in [2.24, 2.45) is 7.05 Å². The summed E-state index contributed by atoms with van der Waals surface area (Å²) in [6.45, 7) is 1.85. The van der Waals surface area contributed by atoms with E-state index in [0.29, 0.717) is 25.3 Å². The van der Waals surface area contributed by atoms with E-state index in [2.05, 4.69) is 10.1 Å². The van der Waals surface area contributed by atoms with Crippen LogP contribution in [0.4, 0.5) is 0 Å². The van der Waals surface area contributed by atoms with Crippen LogP contribution in [0.25, 0.3) is 0 Å². The van der Waals surface area contributed by atoms with Crippen molar-refractivity contribution in [3.63, 3.8) is 0 Å². The van der Waals surface area contributed by atoms with Gasteiger partial charge in [-0.25, -0.2) is 9.48 Å². The highest BCUT2D eigenvalue weighted by molar-refractivity contribution is 5.92. The van der Waals surface area contributed by atoms with Crippen LogP contribution in [-0.4, -0.2) is 43.2 Å². The van der Waals surface area contributed by atoms with Crippen LogP contribution in [0.5, 0.6) is 0 Å². The van der Waals surface area contributed by atoms with Crippen molar-refractivity contribution < 1.29 is 4.79 Å². The molecule has 1 aliphatic heterocycles. The Labute approximate surface area is 157 Å². The first kappa shape index (κ1) is 17.3. The van der Waals surface area contributed by atoms with E-state index in [4.69, 9.17) is 0 Å². The Morgan fingerprint density at radius 1 is 1.15 bits per heavy atom. The summed E-state index contributed by atoms with van der Waals surface area (Å²) in [6, 6.07) is 13.6. The molecule has 1 saturated heterocycles. The van der Waals surface area contributed by atoms with Gasteiger partial charge >= 0.3 is 5.69 Å². The summed E-state index contributed by atoms with van der Waals surface area (Å²) in [4.78, 5) is 29.9. The molecule has 7 heteroatoms. The van der Waals surface area contributed by atoms with Gasteiger partial charge in [0.1, 0.15) is 11.5 Å². The molecule has 7 nitrogen and oxygen atoms in total. The molecule has 1 N–H and O–H groups in total. The van der Waals surface area contributed by atoms with Crippen molar-refractivity contribution in [3.8, 4) is 0 Å². The largest absolute Gasteiger partial charge is 0.357 e. The van der Waals surface area contributed by atoms with E-state index in [0.717, 1.165) is 24.2 Å². The highest BCUT2D eigenvalue weighted by Crippen LogP contribution is 2.27. The van der Waals surface area contributed by atoms with E-state index in [1.807, 2.05) is 41.3 Å². The van der Waals surface area contributed by atoms with Crippen LogP contribution in [0, 0.1) is 0 Å². The number of nitrogens with zero attached hydrogens (tertiary/aromatic N) is 4. The highest BCUT2D eigenvalue weighted by atomic mass is 16.2. The number of benzene rings is 1. The molecule has 0 bridgehead atoms. The second-order valence-corrected chi connectivity index (χ2v) is 6.99. The number of likely N-dealkylation sites (tertiary alicyclic amines) is 1. The Bertz CT molecular complexity index is 964. The van der Waals surface area contributed by atoms with E-state index >= 15 is 0 Å². The number of carbonyl (C=O) groups is 1. The molecule has 1 aliphatic rings. The summed E-state index contributed by atoms with van der Waals surface area (Å²) in [6.07, 6.45) is 3.37. The normalized spacial score (nSPS) is 15.2. The molecular formula is C20H23N5O2. The lowest BCUT2D eigenvalue weighted by Crippen LogP contribution is -2.38. The molecule has 140 valence electrons. The Morgan fingerprint density at radius 2 is 1.89 bits per heavy atom. The average molecular weight is 365 g/mol. The van der Waals surface area contributed by atoms with Gasteiger partial charge in [0.05, 0.1) is 6.54 Å². The van der Waals surface area contributed by atoms with Crippen LogP contribution >= 0.6 is 0 Å². The van der Waals surface area contributed by atoms with Crippen molar-refractivity contribution in [2.45, 2.75) is 25.3 Å². The number of hydrogen-bond donors (Lipinski definition) is 1. The number of aromatic amines is 1. The van der Waals surface area contributed by atoms with Crippen LogP contribution in [0.1, 0.15) is 40.6 Å². The molecule has 3 heterocycles. The number of aromatic nitrogens is 4. The molecule has 0 unspecified atom stereocenters. The Hall–Kier alpha value is -3.09. The molecule has 27 heavy (non-hydrogen) atoms. The average Bonchev–Trinajstić information content (AvgIpc) is 3.33. The molecule has 1 amide bonds. The highest BCUT2D eigenvalue weighted by Gasteiger charge is 2.29. The fourth-order valence-corrected chi connectivity index (χ4v) is 3.71.